The second-order valence-electron chi connectivity index (χ2n) is 13.8. The van der Waals surface area contributed by atoms with Crippen LogP contribution < -0.4 is 10.6 Å². The van der Waals surface area contributed by atoms with Gasteiger partial charge in [-0.1, -0.05) is 34.6 Å². The van der Waals surface area contributed by atoms with Crippen molar-refractivity contribution in [1.82, 2.24) is 20.2 Å². The van der Waals surface area contributed by atoms with Crippen molar-refractivity contribution < 1.29 is 9.90 Å². The maximum absolute atomic E-state index is 13.5. The van der Waals surface area contributed by atoms with Crippen LogP contribution in [0.5, 0.6) is 0 Å². The first kappa shape index (κ1) is 29.2. The summed E-state index contributed by atoms with van der Waals surface area (Å²) in [6.45, 7) is 17.0. The number of hydrogen-bond donors (Lipinski definition) is 3. The lowest BCUT2D eigenvalue weighted by molar-refractivity contribution is -0.122. The molecule has 1 amide bonds. The van der Waals surface area contributed by atoms with Crippen molar-refractivity contribution in [3.8, 4) is 0 Å². The molecule has 1 saturated carbocycles. The van der Waals surface area contributed by atoms with Crippen molar-refractivity contribution >= 4 is 28.7 Å². The van der Waals surface area contributed by atoms with Gasteiger partial charge in [-0.3, -0.25) is 4.79 Å². The minimum Gasteiger partial charge on any atom is -0.396 e. The number of rotatable bonds is 9. The average Bonchev–Trinajstić information content (AvgIpc) is 3.56. The number of thioether (sulfide) groups is 1. The Morgan fingerprint density at radius 1 is 1.16 bits per heavy atom. The average molecular weight is 541 g/mol. The number of carbonyl (C=O) groups excluding carboxylic acids is 1. The molecule has 1 aliphatic heterocycles. The van der Waals surface area contributed by atoms with Crippen LogP contribution in [-0.2, 0) is 17.8 Å². The molecule has 0 bridgehead atoms. The first-order chi connectivity index (χ1) is 17.8. The van der Waals surface area contributed by atoms with Crippen LogP contribution in [0.2, 0.25) is 0 Å². The number of allylic oxidation sites excluding steroid dienone is 1. The van der Waals surface area contributed by atoms with Crippen LogP contribution in [0.1, 0.15) is 86.4 Å². The van der Waals surface area contributed by atoms with Gasteiger partial charge in [0.25, 0.3) is 0 Å². The fourth-order valence-electron chi connectivity index (χ4n) is 4.98. The zero-order valence-electron chi connectivity index (χ0n) is 24.5. The summed E-state index contributed by atoms with van der Waals surface area (Å²) in [4.78, 5) is 19.6. The standard InChI is InChI=1S/C31H48N4O2S/c1-29(2,3)18-27-34-24-17-23(13-14-25(24)35(27)19-21-11-12-21)38-31(6,7)28(37)33-22-10-8-9-15-32-26(16-22)30(4,5)20-36/h13-14,16-17,21,26,32,36H,8-12,15,18-20H2,1-7H3,(H,33,37)/b22-16+. The van der Waals surface area contributed by atoms with Gasteiger partial charge < -0.3 is 20.3 Å². The van der Waals surface area contributed by atoms with Crippen molar-refractivity contribution in [2.45, 2.75) is 109 Å². The SMILES string of the molecule is CC(C)(C)Cc1nc2cc(SC(C)(C)C(=O)N/C3=C/C(C(C)(C)CO)NCCCC3)ccc2n1CC1CC1. The van der Waals surface area contributed by atoms with Gasteiger partial charge in [0, 0.05) is 41.6 Å². The first-order valence-corrected chi connectivity index (χ1v) is 15.1. The van der Waals surface area contributed by atoms with Gasteiger partial charge in [-0.25, -0.2) is 4.98 Å². The van der Waals surface area contributed by atoms with Crippen LogP contribution in [0.15, 0.2) is 34.9 Å². The van der Waals surface area contributed by atoms with E-state index in [9.17, 15) is 9.90 Å². The lowest BCUT2D eigenvalue weighted by atomic mass is 9.83. The van der Waals surface area contributed by atoms with Gasteiger partial charge in [0.1, 0.15) is 5.82 Å². The van der Waals surface area contributed by atoms with Gasteiger partial charge in [-0.15, -0.1) is 11.8 Å². The Labute approximate surface area is 233 Å². The van der Waals surface area contributed by atoms with E-state index in [2.05, 4.69) is 74.1 Å². The second kappa shape index (κ2) is 11.3. The summed E-state index contributed by atoms with van der Waals surface area (Å²) in [6.07, 6.45) is 8.61. The predicted molar refractivity (Wildman–Crippen MR) is 158 cm³/mol. The molecular weight excluding hydrogens is 492 g/mol. The molecule has 1 aromatic heterocycles. The van der Waals surface area contributed by atoms with E-state index in [1.54, 1.807) is 11.8 Å². The number of benzene rings is 1. The Hall–Kier alpha value is -1.83. The first-order valence-electron chi connectivity index (χ1n) is 14.3. The molecule has 1 aromatic carbocycles. The quantitative estimate of drug-likeness (QED) is 0.337. The van der Waals surface area contributed by atoms with Crippen LogP contribution in [0.4, 0.5) is 0 Å². The number of aliphatic hydroxyl groups excluding tert-OH is 1. The van der Waals surface area contributed by atoms with E-state index in [-0.39, 0.29) is 29.4 Å². The van der Waals surface area contributed by atoms with E-state index >= 15 is 0 Å². The van der Waals surface area contributed by atoms with Crippen molar-refractivity contribution in [3.05, 3.63) is 35.8 Å². The molecule has 1 aliphatic carbocycles. The topological polar surface area (TPSA) is 79.2 Å². The molecule has 210 valence electrons. The molecule has 3 N–H and O–H groups in total. The Morgan fingerprint density at radius 3 is 2.55 bits per heavy atom. The van der Waals surface area contributed by atoms with Crippen LogP contribution in [0.25, 0.3) is 11.0 Å². The number of hydrogen-bond acceptors (Lipinski definition) is 5. The Bertz CT molecular complexity index is 1170. The van der Waals surface area contributed by atoms with E-state index in [4.69, 9.17) is 4.98 Å². The minimum atomic E-state index is -0.656. The van der Waals surface area contributed by atoms with Crippen molar-refractivity contribution in [3.63, 3.8) is 0 Å². The summed E-state index contributed by atoms with van der Waals surface area (Å²) in [5.41, 5.74) is 3.04. The molecule has 0 radical (unpaired) electrons. The molecule has 2 aromatic rings. The number of carbonyl (C=O) groups is 1. The van der Waals surface area contributed by atoms with Crippen molar-refractivity contribution in [1.29, 1.82) is 0 Å². The third kappa shape index (κ3) is 7.42. The van der Waals surface area contributed by atoms with Gasteiger partial charge in [0.05, 0.1) is 15.8 Å². The van der Waals surface area contributed by atoms with Gasteiger partial charge in [0.2, 0.25) is 5.91 Å². The van der Waals surface area contributed by atoms with E-state index in [1.165, 1.54) is 24.2 Å². The molecule has 0 spiro atoms. The summed E-state index contributed by atoms with van der Waals surface area (Å²) in [5, 5.41) is 16.7. The fourth-order valence-corrected chi connectivity index (χ4v) is 6.02. The molecule has 2 heterocycles. The summed E-state index contributed by atoms with van der Waals surface area (Å²) in [6, 6.07) is 6.50. The lowest BCUT2D eigenvalue weighted by Gasteiger charge is -2.34. The smallest absolute Gasteiger partial charge is 0.240 e. The molecule has 1 fully saturated rings. The largest absolute Gasteiger partial charge is 0.396 e. The number of amides is 1. The van der Waals surface area contributed by atoms with E-state index < -0.39 is 4.75 Å². The van der Waals surface area contributed by atoms with Gasteiger partial charge in [-0.05, 0) is 88.1 Å². The predicted octanol–water partition coefficient (Wildman–Crippen LogP) is 6.07. The van der Waals surface area contributed by atoms with E-state index in [0.717, 1.165) is 60.8 Å². The number of aliphatic hydroxyl groups is 1. The highest BCUT2D eigenvalue weighted by atomic mass is 32.2. The zero-order valence-corrected chi connectivity index (χ0v) is 25.3. The second-order valence-corrected chi connectivity index (χ2v) is 15.5. The highest BCUT2D eigenvalue weighted by molar-refractivity contribution is 8.01. The summed E-state index contributed by atoms with van der Waals surface area (Å²) in [7, 11) is 0. The molecule has 1 atom stereocenters. The number of nitrogens with one attached hydrogen (secondary N) is 2. The Morgan fingerprint density at radius 2 is 1.89 bits per heavy atom. The number of imidazole rings is 1. The zero-order chi connectivity index (χ0) is 27.7. The number of nitrogens with zero attached hydrogens (tertiary/aromatic N) is 2. The molecular formula is C31H48N4O2S. The van der Waals surface area contributed by atoms with Crippen molar-refractivity contribution in [2.75, 3.05) is 13.2 Å². The van der Waals surface area contributed by atoms with Gasteiger partial charge in [0.15, 0.2) is 0 Å². The van der Waals surface area contributed by atoms with Crippen LogP contribution >= 0.6 is 11.8 Å². The normalized spacial score (nSPS) is 21.1. The summed E-state index contributed by atoms with van der Waals surface area (Å²) in [5.74, 6) is 1.95. The monoisotopic (exact) mass is 540 g/mol. The molecule has 4 rings (SSSR count). The van der Waals surface area contributed by atoms with Crippen molar-refractivity contribution in [2.24, 2.45) is 16.7 Å². The van der Waals surface area contributed by atoms with Crippen LogP contribution in [0, 0.1) is 16.7 Å². The third-order valence-electron chi connectivity index (χ3n) is 7.67. The molecule has 6 nitrogen and oxygen atoms in total. The molecule has 2 aliphatic rings. The fraction of sp³-hybridized carbons (Fsp3) is 0.677. The van der Waals surface area contributed by atoms with Crippen LogP contribution in [0.3, 0.4) is 0 Å². The highest BCUT2D eigenvalue weighted by Crippen LogP contribution is 2.37. The highest BCUT2D eigenvalue weighted by Gasteiger charge is 2.32. The lowest BCUT2D eigenvalue weighted by Crippen LogP contribution is -2.45. The molecule has 7 heteroatoms. The minimum absolute atomic E-state index is 0.00246. The van der Waals surface area contributed by atoms with E-state index in [0.29, 0.717) is 0 Å². The third-order valence-corrected chi connectivity index (χ3v) is 8.86. The van der Waals surface area contributed by atoms with E-state index in [1.807, 2.05) is 13.8 Å². The maximum atomic E-state index is 13.5. The van der Waals surface area contributed by atoms with Crippen LogP contribution in [-0.4, -0.2) is 44.5 Å². The summed E-state index contributed by atoms with van der Waals surface area (Å²) >= 11 is 1.59. The van der Waals surface area contributed by atoms with Gasteiger partial charge in [-0.2, -0.15) is 0 Å². The Kier molecular flexibility index (Phi) is 8.70. The van der Waals surface area contributed by atoms with Gasteiger partial charge >= 0.3 is 0 Å². The number of aromatic nitrogens is 2. The molecule has 38 heavy (non-hydrogen) atoms. The Balaban J connectivity index is 1.52. The summed E-state index contributed by atoms with van der Waals surface area (Å²) < 4.78 is 1.78. The number of fused-ring (bicyclic) bond motifs is 1. The molecule has 0 saturated heterocycles. The molecule has 1 unspecified atom stereocenters. The maximum Gasteiger partial charge on any atom is 0.240 e.